The molecule has 0 rings (SSSR count). The molecule has 0 bridgehead atoms. The Bertz CT molecular complexity index is 129. The van der Waals surface area contributed by atoms with Gasteiger partial charge in [-0.25, -0.2) is 0 Å². The summed E-state index contributed by atoms with van der Waals surface area (Å²) in [5.74, 6) is -0.546. The lowest BCUT2D eigenvalue weighted by molar-refractivity contribution is -0.120. The second-order valence-corrected chi connectivity index (χ2v) is 2.27. The van der Waals surface area contributed by atoms with Gasteiger partial charge in [0.25, 0.3) is 0 Å². The van der Waals surface area contributed by atoms with Crippen LogP contribution in [0.5, 0.6) is 0 Å². The smallest absolute Gasteiger partial charge is 0.219 e. The zero-order valence-corrected chi connectivity index (χ0v) is 6.18. The maximum absolute atomic E-state index is 10.4. The highest BCUT2D eigenvalue weighted by Gasteiger charge is 2.05. The first-order chi connectivity index (χ1) is 4.52. The average molecular weight is 144 g/mol. The molecular formula is C6H12N2O2. The Labute approximate surface area is 59.8 Å². The van der Waals surface area contributed by atoms with E-state index in [9.17, 15) is 9.59 Å². The molecule has 1 atom stereocenters. The molecule has 0 aromatic rings. The van der Waals surface area contributed by atoms with E-state index in [2.05, 4.69) is 5.32 Å². The van der Waals surface area contributed by atoms with E-state index in [1.165, 1.54) is 6.92 Å². The summed E-state index contributed by atoms with van der Waals surface area (Å²) in [5, 5.41) is 2.53. The Morgan fingerprint density at radius 3 is 2.40 bits per heavy atom. The Balaban J connectivity index is 3.53. The normalized spacial score (nSPS) is 12.2. The molecule has 4 nitrogen and oxygen atoms in total. The highest BCUT2D eigenvalue weighted by Crippen LogP contribution is 1.87. The summed E-state index contributed by atoms with van der Waals surface area (Å²) in [6.45, 7) is 3.13. The second-order valence-electron chi connectivity index (χ2n) is 2.27. The number of nitrogens with one attached hydrogen (secondary N) is 1. The summed E-state index contributed by atoms with van der Waals surface area (Å²) in [6.07, 6.45) is 0.194. The minimum Gasteiger partial charge on any atom is -0.370 e. The summed E-state index contributed by atoms with van der Waals surface area (Å²) in [5.41, 5.74) is 4.88. The van der Waals surface area contributed by atoms with Crippen molar-refractivity contribution in [2.24, 2.45) is 5.73 Å². The Kier molecular flexibility index (Phi) is 3.46. The molecule has 0 aromatic carbocycles. The van der Waals surface area contributed by atoms with E-state index < -0.39 is 5.91 Å². The maximum atomic E-state index is 10.4. The molecule has 0 aliphatic carbocycles. The fourth-order valence-electron chi connectivity index (χ4n) is 0.700. The van der Waals surface area contributed by atoms with Gasteiger partial charge in [-0.15, -0.1) is 0 Å². The van der Waals surface area contributed by atoms with Crippen LogP contribution in [-0.2, 0) is 9.59 Å². The molecule has 2 amide bonds. The fourth-order valence-corrected chi connectivity index (χ4v) is 0.700. The molecule has 58 valence electrons. The number of hydrogen-bond acceptors (Lipinski definition) is 2. The zero-order valence-electron chi connectivity index (χ0n) is 6.18. The number of amides is 2. The van der Waals surface area contributed by atoms with Crippen LogP contribution in [0.2, 0.25) is 0 Å². The molecule has 0 unspecified atom stereocenters. The third-order valence-corrected chi connectivity index (χ3v) is 0.957. The van der Waals surface area contributed by atoms with Crippen LogP contribution in [0.3, 0.4) is 0 Å². The van der Waals surface area contributed by atoms with Crippen LogP contribution in [0, 0.1) is 0 Å². The summed E-state index contributed by atoms with van der Waals surface area (Å²) in [4.78, 5) is 20.6. The Hall–Kier alpha value is -1.06. The molecule has 0 fully saturated rings. The van der Waals surface area contributed by atoms with Crippen molar-refractivity contribution in [3.63, 3.8) is 0 Å². The molecule has 0 spiro atoms. The molecule has 0 aliphatic heterocycles. The third kappa shape index (κ3) is 5.08. The van der Waals surface area contributed by atoms with E-state index >= 15 is 0 Å². The van der Waals surface area contributed by atoms with Crippen molar-refractivity contribution in [3.8, 4) is 0 Å². The summed E-state index contributed by atoms with van der Waals surface area (Å²) in [7, 11) is 0. The topological polar surface area (TPSA) is 72.2 Å². The maximum Gasteiger partial charge on any atom is 0.219 e. The Morgan fingerprint density at radius 1 is 1.60 bits per heavy atom. The average Bonchev–Trinajstić information content (AvgIpc) is 1.58. The lowest BCUT2D eigenvalue weighted by Gasteiger charge is -2.08. The van der Waals surface area contributed by atoms with Gasteiger partial charge in [0.2, 0.25) is 11.8 Å². The first-order valence-corrected chi connectivity index (χ1v) is 3.07. The van der Waals surface area contributed by atoms with E-state index in [1.807, 2.05) is 0 Å². The van der Waals surface area contributed by atoms with Gasteiger partial charge in [0.15, 0.2) is 0 Å². The van der Waals surface area contributed by atoms with Gasteiger partial charge in [-0.05, 0) is 6.92 Å². The SMILES string of the molecule is CC(=O)N[C@@H](C)CC(N)=O. The van der Waals surface area contributed by atoms with E-state index in [-0.39, 0.29) is 18.4 Å². The molecule has 10 heavy (non-hydrogen) atoms. The number of primary amides is 1. The van der Waals surface area contributed by atoms with E-state index in [4.69, 9.17) is 5.73 Å². The lowest BCUT2D eigenvalue weighted by Crippen LogP contribution is -2.33. The number of carbonyl (C=O) groups excluding carboxylic acids is 2. The number of nitrogens with two attached hydrogens (primary N) is 1. The van der Waals surface area contributed by atoms with Crippen molar-refractivity contribution in [1.82, 2.24) is 5.32 Å². The molecule has 0 aliphatic rings. The molecule has 0 heterocycles. The van der Waals surface area contributed by atoms with Gasteiger partial charge < -0.3 is 11.1 Å². The first-order valence-electron chi connectivity index (χ1n) is 3.07. The Morgan fingerprint density at radius 2 is 2.10 bits per heavy atom. The van der Waals surface area contributed by atoms with Gasteiger partial charge in [-0.1, -0.05) is 0 Å². The predicted molar refractivity (Wildman–Crippen MR) is 37.1 cm³/mol. The van der Waals surface area contributed by atoms with Crippen LogP contribution in [0.15, 0.2) is 0 Å². The van der Waals surface area contributed by atoms with Crippen molar-refractivity contribution in [2.45, 2.75) is 26.3 Å². The second kappa shape index (κ2) is 3.87. The predicted octanol–water partition coefficient (Wildman–Crippen LogP) is -0.614. The van der Waals surface area contributed by atoms with Crippen molar-refractivity contribution >= 4 is 11.8 Å². The van der Waals surface area contributed by atoms with Gasteiger partial charge in [0.1, 0.15) is 0 Å². The molecule has 0 saturated carbocycles. The van der Waals surface area contributed by atoms with Gasteiger partial charge in [0, 0.05) is 19.4 Å². The number of hydrogen-bond donors (Lipinski definition) is 2. The zero-order chi connectivity index (χ0) is 8.15. The van der Waals surface area contributed by atoms with Crippen LogP contribution < -0.4 is 11.1 Å². The van der Waals surface area contributed by atoms with Gasteiger partial charge >= 0.3 is 0 Å². The highest BCUT2D eigenvalue weighted by molar-refractivity contribution is 5.77. The molecular weight excluding hydrogens is 132 g/mol. The van der Waals surface area contributed by atoms with Gasteiger partial charge in [-0.3, -0.25) is 9.59 Å². The van der Waals surface area contributed by atoms with Crippen LogP contribution in [0.1, 0.15) is 20.3 Å². The largest absolute Gasteiger partial charge is 0.370 e. The fraction of sp³-hybridized carbons (Fsp3) is 0.667. The van der Waals surface area contributed by atoms with Gasteiger partial charge in [-0.2, -0.15) is 0 Å². The highest BCUT2D eigenvalue weighted by atomic mass is 16.2. The lowest BCUT2D eigenvalue weighted by atomic mass is 10.2. The number of carbonyl (C=O) groups is 2. The van der Waals surface area contributed by atoms with E-state index in [0.717, 1.165) is 0 Å². The van der Waals surface area contributed by atoms with Gasteiger partial charge in [0.05, 0.1) is 0 Å². The summed E-state index contributed by atoms with van der Waals surface area (Å²) >= 11 is 0. The van der Waals surface area contributed by atoms with Crippen molar-refractivity contribution in [3.05, 3.63) is 0 Å². The van der Waals surface area contributed by atoms with E-state index in [0.29, 0.717) is 0 Å². The quantitative estimate of drug-likeness (QED) is 0.554. The number of rotatable bonds is 3. The van der Waals surface area contributed by atoms with Crippen LogP contribution in [0.4, 0.5) is 0 Å². The van der Waals surface area contributed by atoms with Crippen molar-refractivity contribution in [1.29, 1.82) is 0 Å². The van der Waals surface area contributed by atoms with Crippen LogP contribution in [-0.4, -0.2) is 17.9 Å². The third-order valence-electron chi connectivity index (χ3n) is 0.957. The standard InChI is InChI=1S/C6H12N2O2/c1-4(3-6(7)10)8-5(2)9/h4H,3H2,1-2H3,(H2,7,10)(H,8,9)/t4-/m0/s1. The van der Waals surface area contributed by atoms with Crippen LogP contribution >= 0.6 is 0 Å². The molecule has 0 aromatic heterocycles. The van der Waals surface area contributed by atoms with Crippen LogP contribution in [0.25, 0.3) is 0 Å². The van der Waals surface area contributed by atoms with Crippen molar-refractivity contribution < 1.29 is 9.59 Å². The van der Waals surface area contributed by atoms with Crippen molar-refractivity contribution in [2.75, 3.05) is 0 Å². The monoisotopic (exact) mass is 144 g/mol. The molecule has 0 radical (unpaired) electrons. The first kappa shape index (κ1) is 8.94. The summed E-state index contributed by atoms with van der Waals surface area (Å²) < 4.78 is 0. The minimum absolute atomic E-state index is 0.145. The molecule has 3 N–H and O–H groups in total. The van der Waals surface area contributed by atoms with E-state index in [1.54, 1.807) is 6.92 Å². The minimum atomic E-state index is -0.402. The summed E-state index contributed by atoms with van der Waals surface area (Å²) in [6, 6.07) is -0.157. The molecule has 0 saturated heterocycles. The molecule has 4 heteroatoms.